The summed E-state index contributed by atoms with van der Waals surface area (Å²) in [7, 11) is 4.16. The highest BCUT2D eigenvalue weighted by Gasteiger charge is 2.10. The summed E-state index contributed by atoms with van der Waals surface area (Å²) in [6, 6.07) is 9.07. The van der Waals surface area contributed by atoms with Crippen molar-refractivity contribution in [1.29, 1.82) is 0 Å². The van der Waals surface area contributed by atoms with Crippen LogP contribution in [0.1, 0.15) is 29.0 Å². The zero-order valence-corrected chi connectivity index (χ0v) is 13.1. The summed E-state index contributed by atoms with van der Waals surface area (Å²) in [6.07, 6.45) is 0. The molecule has 0 radical (unpaired) electrons. The molecule has 19 heavy (non-hydrogen) atoms. The minimum Gasteiger partial charge on any atom is -0.378 e. The van der Waals surface area contributed by atoms with Crippen molar-refractivity contribution in [3.63, 3.8) is 0 Å². The summed E-state index contributed by atoms with van der Waals surface area (Å²) in [5, 5.41) is 5.75. The highest BCUT2D eigenvalue weighted by atomic mass is 32.1. The monoisotopic (exact) mass is 274 g/mol. The number of aryl methyl sites for hydroxylation is 2. The average molecular weight is 274 g/mol. The number of hydrogen-bond acceptors (Lipinski definition) is 3. The molecule has 1 unspecified atom stereocenters. The van der Waals surface area contributed by atoms with Crippen molar-refractivity contribution in [2.75, 3.05) is 24.3 Å². The van der Waals surface area contributed by atoms with E-state index in [-0.39, 0.29) is 0 Å². The fourth-order valence-corrected chi connectivity index (χ4v) is 3.26. The Morgan fingerprint density at radius 2 is 1.84 bits per heavy atom. The van der Waals surface area contributed by atoms with Crippen molar-refractivity contribution in [2.45, 2.75) is 26.8 Å². The largest absolute Gasteiger partial charge is 0.378 e. The predicted molar refractivity (Wildman–Crippen MR) is 86.6 cm³/mol. The summed E-state index contributed by atoms with van der Waals surface area (Å²) < 4.78 is 0. The number of anilines is 2. The molecule has 2 nitrogen and oxygen atoms in total. The molecular weight excluding hydrogens is 252 g/mol. The molecule has 1 N–H and O–H groups in total. The van der Waals surface area contributed by atoms with Gasteiger partial charge in [-0.2, -0.15) is 0 Å². The fourth-order valence-electron chi connectivity index (χ4n) is 2.32. The van der Waals surface area contributed by atoms with E-state index in [1.807, 2.05) is 11.3 Å². The maximum Gasteiger partial charge on any atom is 0.0581 e. The van der Waals surface area contributed by atoms with Crippen LogP contribution in [-0.4, -0.2) is 14.1 Å². The molecule has 1 heterocycles. The quantitative estimate of drug-likeness (QED) is 0.876. The molecular formula is C16H22N2S. The maximum atomic E-state index is 3.59. The Bertz CT molecular complexity index is 558. The lowest BCUT2D eigenvalue weighted by atomic mass is 10.1. The molecule has 1 atom stereocenters. The molecule has 2 aromatic rings. The summed E-state index contributed by atoms with van der Waals surface area (Å²) in [6.45, 7) is 6.53. The average Bonchev–Trinajstić information content (AvgIpc) is 2.77. The van der Waals surface area contributed by atoms with Crippen LogP contribution < -0.4 is 10.2 Å². The van der Waals surface area contributed by atoms with E-state index in [0.29, 0.717) is 6.04 Å². The maximum absolute atomic E-state index is 3.59. The Labute approximate surface area is 120 Å². The standard InChI is InChI=1S/C16H22N2S/c1-11-6-7-14(10-15(11)18(4)5)17-13(3)16-12(2)8-9-19-16/h6-10,13,17H,1-5H3. The Morgan fingerprint density at radius 1 is 1.11 bits per heavy atom. The number of nitrogens with one attached hydrogen (secondary N) is 1. The normalized spacial score (nSPS) is 12.3. The van der Waals surface area contributed by atoms with Crippen molar-refractivity contribution < 1.29 is 0 Å². The van der Waals surface area contributed by atoms with E-state index < -0.39 is 0 Å². The Hall–Kier alpha value is -1.48. The van der Waals surface area contributed by atoms with Crippen LogP contribution in [-0.2, 0) is 0 Å². The number of thiophene rings is 1. The van der Waals surface area contributed by atoms with E-state index in [4.69, 9.17) is 0 Å². The summed E-state index contributed by atoms with van der Waals surface area (Å²) in [5.74, 6) is 0. The second-order valence-corrected chi connectivity index (χ2v) is 6.18. The summed E-state index contributed by atoms with van der Waals surface area (Å²) in [4.78, 5) is 3.56. The van der Waals surface area contributed by atoms with Crippen molar-refractivity contribution in [3.05, 3.63) is 45.6 Å². The van der Waals surface area contributed by atoms with Gasteiger partial charge in [0.25, 0.3) is 0 Å². The van der Waals surface area contributed by atoms with E-state index in [1.54, 1.807) is 0 Å². The topological polar surface area (TPSA) is 15.3 Å². The van der Waals surface area contributed by atoms with Gasteiger partial charge in [0, 0.05) is 30.3 Å². The van der Waals surface area contributed by atoms with E-state index >= 15 is 0 Å². The lowest BCUT2D eigenvalue weighted by Crippen LogP contribution is -2.12. The Kier molecular flexibility index (Phi) is 4.15. The Balaban J connectivity index is 2.20. The lowest BCUT2D eigenvalue weighted by Gasteiger charge is -2.20. The molecule has 0 bridgehead atoms. The van der Waals surface area contributed by atoms with E-state index in [1.165, 1.54) is 27.4 Å². The molecule has 102 valence electrons. The Morgan fingerprint density at radius 3 is 2.42 bits per heavy atom. The fraction of sp³-hybridized carbons (Fsp3) is 0.375. The highest BCUT2D eigenvalue weighted by Crippen LogP contribution is 2.29. The smallest absolute Gasteiger partial charge is 0.0581 e. The number of rotatable bonds is 4. The highest BCUT2D eigenvalue weighted by molar-refractivity contribution is 7.10. The third-order valence-electron chi connectivity index (χ3n) is 3.37. The van der Waals surface area contributed by atoms with Gasteiger partial charge in [0.05, 0.1) is 6.04 Å². The molecule has 3 heteroatoms. The van der Waals surface area contributed by atoms with Gasteiger partial charge in [-0.15, -0.1) is 11.3 Å². The van der Waals surface area contributed by atoms with E-state index in [2.05, 4.69) is 74.7 Å². The first-order chi connectivity index (χ1) is 8.99. The first-order valence-electron chi connectivity index (χ1n) is 6.57. The van der Waals surface area contributed by atoms with Crippen LogP contribution >= 0.6 is 11.3 Å². The van der Waals surface area contributed by atoms with Gasteiger partial charge < -0.3 is 10.2 Å². The molecule has 0 spiro atoms. The summed E-state index contributed by atoms with van der Waals surface area (Å²) in [5.41, 5.74) is 5.11. The molecule has 1 aromatic heterocycles. The van der Waals surface area contributed by atoms with Gasteiger partial charge in [-0.25, -0.2) is 0 Å². The third-order valence-corrected chi connectivity index (χ3v) is 4.57. The molecule has 0 fully saturated rings. The van der Waals surface area contributed by atoms with Gasteiger partial charge in [0.1, 0.15) is 0 Å². The van der Waals surface area contributed by atoms with Crippen LogP contribution in [0.25, 0.3) is 0 Å². The zero-order valence-electron chi connectivity index (χ0n) is 12.3. The molecule has 2 rings (SSSR count). The lowest BCUT2D eigenvalue weighted by molar-refractivity contribution is 0.898. The van der Waals surface area contributed by atoms with Gasteiger partial charge in [-0.05, 0) is 55.5 Å². The third kappa shape index (κ3) is 3.10. The predicted octanol–water partition coefficient (Wildman–Crippen LogP) is 4.60. The van der Waals surface area contributed by atoms with Gasteiger partial charge in [-0.3, -0.25) is 0 Å². The second kappa shape index (κ2) is 5.66. The minimum atomic E-state index is 0.345. The SMILES string of the molecule is Cc1ccc(NC(C)c2sccc2C)cc1N(C)C. The number of hydrogen-bond donors (Lipinski definition) is 1. The number of nitrogens with zero attached hydrogens (tertiary/aromatic N) is 1. The van der Waals surface area contributed by atoms with Crippen molar-refractivity contribution in [3.8, 4) is 0 Å². The van der Waals surface area contributed by atoms with Gasteiger partial charge >= 0.3 is 0 Å². The zero-order chi connectivity index (χ0) is 14.0. The molecule has 0 saturated carbocycles. The van der Waals surface area contributed by atoms with Gasteiger partial charge in [-0.1, -0.05) is 6.07 Å². The van der Waals surface area contributed by atoms with E-state index in [0.717, 1.165) is 0 Å². The molecule has 0 saturated heterocycles. The van der Waals surface area contributed by atoms with Crippen LogP contribution in [0, 0.1) is 13.8 Å². The van der Waals surface area contributed by atoms with Gasteiger partial charge in [0.2, 0.25) is 0 Å². The van der Waals surface area contributed by atoms with Crippen molar-refractivity contribution in [2.24, 2.45) is 0 Å². The van der Waals surface area contributed by atoms with Crippen LogP contribution in [0.3, 0.4) is 0 Å². The molecule has 0 aliphatic carbocycles. The first-order valence-corrected chi connectivity index (χ1v) is 7.45. The molecule has 0 amide bonds. The van der Waals surface area contributed by atoms with Crippen molar-refractivity contribution in [1.82, 2.24) is 0 Å². The van der Waals surface area contributed by atoms with Gasteiger partial charge in [0.15, 0.2) is 0 Å². The molecule has 0 aliphatic heterocycles. The molecule has 0 aliphatic rings. The van der Waals surface area contributed by atoms with Crippen LogP contribution in [0.2, 0.25) is 0 Å². The second-order valence-electron chi connectivity index (χ2n) is 5.23. The number of benzene rings is 1. The summed E-state index contributed by atoms with van der Waals surface area (Å²) >= 11 is 1.82. The first kappa shape index (κ1) is 13.9. The van der Waals surface area contributed by atoms with Crippen molar-refractivity contribution >= 4 is 22.7 Å². The molecule has 1 aromatic carbocycles. The van der Waals surface area contributed by atoms with Crippen LogP contribution in [0.5, 0.6) is 0 Å². The van der Waals surface area contributed by atoms with Crippen LogP contribution in [0.15, 0.2) is 29.6 Å². The minimum absolute atomic E-state index is 0.345. The van der Waals surface area contributed by atoms with E-state index in [9.17, 15) is 0 Å². The van der Waals surface area contributed by atoms with Crippen LogP contribution in [0.4, 0.5) is 11.4 Å².